The Morgan fingerprint density at radius 3 is 2.07 bits per heavy atom. The molecule has 0 aliphatic carbocycles. The zero-order valence-electron chi connectivity index (χ0n) is 19.0. The smallest absolute Gasteiger partial charge is 0.308 e. The van der Waals surface area contributed by atoms with Gasteiger partial charge >= 0.3 is 11.9 Å². The second kappa shape index (κ2) is 14.7. The number of methoxy groups -OCH3 is 1. The molecule has 1 rings (SSSR count). The van der Waals surface area contributed by atoms with E-state index in [1.54, 1.807) is 0 Å². The lowest BCUT2D eigenvalue weighted by atomic mass is 10.00. The summed E-state index contributed by atoms with van der Waals surface area (Å²) in [6.07, 6.45) is 11.6. The van der Waals surface area contributed by atoms with Crippen molar-refractivity contribution in [3.63, 3.8) is 0 Å². The molecule has 0 radical (unpaired) electrons. The van der Waals surface area contributed by atoms with Crippen LogP contribution in [0.2, 0.25) is 0 Å². The molecule has 0 fully saturated rings. The lowest BCUT2D eigenvalue weighted by Crippen LogP contribution is -2.20. The van der Waals surface area contributed by atoms with E-state index in [0.29, 0.717) is 18.4 Å². The van der Waals surface area contributed by atoms with Crippen LogP contribution in [0.5, 0.6) is 17.2 Å². The molecular weight excluding hydrogens is 384 g/mol. The van der Waals surface area contributed by atoms with E-state index < -0.39 is 5.97 Å². The maximum Gasteiger partial charge on any atom is 0.308 e. The third kappa shape index (κ3) is 10.5. The van der Waals surface area contributed by atoms with Crippen molar-refractivity contribution in [1.29, 1.82) is 0 Å². The number of phenols is 1. The first kappa shape index (κ1) is 25.8. The number of esters is 2. The topological polar surface area (TPSA) is 82.1 Å². The molecule has 0 amide bonds. The van der Waals surface area contributed by atoms with Gasteiger partial charge in [0.05, 0.1) is 7.11 Å². The van der Waals surface area contributed by atoms with E-state index in [9.17, 15) is 14.7 Å². The summed E-state index contributed by atoms with van der Waals surface area (Å²) in [6, 6.07) is 2.91. The summed E-state index contributed by atoms with van der Waals surface area (Å²) in [7, 11) is 1.44. The number of carbonyl (C=O) groups excluding carboxylic acids is 2. The van der Waals surface area contributed by atoms with Crippen molar-refractivity contribution < 1.29 is 28.9 Å². The van der Waals surface area contributed by atoms with E-state index in [4.69, 9.17) is 14.2 Å². The monoisotopic (exact) mass is 422 g/mol. The maximum atomic E-state index is 11.6. The Bertz CT molecular complexity index is 655. The fourth-order valence-corrected chi connectivity index (χ4v) is 3.57. The average Bonchev–Trinajstić information content (AvgIpc) is 2.67. The van der Waals surface area contributed by atoms with E-state index in [-0.39, 0.29) is 29.3 Å². The Balaban J connectivity index is 2.66. The predicted molar refractivity (Wildman–Crippen MR) is 117 cm³/mol. The van der Waals surface area contributed by atoms with Crippen LogP contribution >= 0.6 is 0 Å². The Hall–Kier alpha value is -2.24. The van der Waals surface area contributed by atoms with Crippen molar-refractivity contribution in [1.82, 2.24) is 0 Å². The van der Waals surface area contributed by atoms with Crippen LogP contribution in [0.15, 0.2) is 12.1 Å². The van der Waals surface area contributed by atoms with Crippen molar-refractivity contribution in [2.45, 2.75) is 97.5 Å². The van der Waals surface area contributed by atoms with Gasteiger partial charge in [-0.15, -0.1) is 0 Å². The molecule has 0 unspecified atom stereocenters. The number of rotatable bonds is 15. The lowest BCUT2D eigenvalue weighted by molar-refractivity contribution is -0.146. The normalized spacial score (nSPS) is 11.7. The van der Waals surface area contributed by atoms with Gasteiger partial charge in [-0.3, -0.25) is 9.59 Å². The Labute approximate surface area is 180 Å². The highest BCUT2D eigenvalue weighted by Crippen LogP contribution is 2.37. The summed E-state index contributed by atoms with van der Waals surface area (Å²) in [5, 5.41) is 10.0. The Kier molecular flexibility index (Phi) is 12.6. The number of phenolic OH excluding ortho intramolecular Hbond substituents is 1. The van der Waals surface area contributed by atoms with Crippen LogP contribution < -0.4 is 9.47 Å². The summed E-state index contributed by atoms with van der Waals surface area (Å²) in [5.41, 5.74) is 0.573. The molecule has 0 bridgehead atoms. The molecule has 0 aliphatic heterocycles. The zero-order chi connectivity index (χ0) is 22.4. The molecule has 1 atom stereocenters. The van der Waals surface area contributed by atoms with Crippen LogP contribution in [0, 0.1) is 0 Å². The SMILES string of the molecule is CCCCCCCCCCC[C@H](Cc1cc(O)cc(OC)c1OC(C)=O)OC(C)=O. The minimum Gasteiger partial charge on any atom is -0.508 e. The number of carbonyl (C=O) groups is 2. The average molecular weight is 423 g/mol. The molecule has 1 aromatic carbocycles. The van der Waals surface area contributed by atoms with Crippen LogP contribution in [0.1, 0.15) is 90.5 Å². The molecule has 0 aromatic heterocycles. The molecule has 170 valence electrons. The van der Waals surface area contributed by atoms with E-state index in [1.165, 1.54) is 78.0 Å². The van der Waals surface area contributed by atoms with Crippen LogP contribution in [-0.4, -0.2) is 30.3 Å². The molecule has 30 heavy (non-hydrogen) atoms. The molecule has 1 N–H and O–H groups in total. The molecule has 6 heteroatoms. The van der Waals surface area contributed by atoms with E-state index >= 15 is 0 Å². The van der Waals surface area contributed by atoms with Gasteiger partial charge in [0.15, 0.2) is 11.5 Å². The fourth-order valence-electron chi connectivity index (χ4n) is 3.57. The minimum absolute atomic E-state index is 0.00222. The molecular formula is C24H38O6. The number of aromatic hydroxyl groups is 1. The molecule has 0 heterocycles. The van der Waals surface area contributed by atoms with Crippen molar-refractivity contribution in [3.8, 4) is 17.2 Å². The van der Waals surface area contributed by atoms with Crippen molar-refractivity contribution in [2.75, 3.05) is 7.11 Å². The summed E-state index contributed by atoms with van der Waals surface area (Å²) >= 11 is 0. The number of unbranched alkanes of at least 4 members (excludes halogenated alkanes) is 8. The third-order valence-corrected chi connectivity index (χ3v) is 4.99. The number of hydrogen-bond donors (Lipinski definition) is 1. The van der Waals surface area contributed by atoms with Crippen molar-refractivity contribution in [2.24, 2.45) is 0 Å². The third-order valence-electron chi connectivity index (χ3n) is 4.99. The van der Waals surface area contributed by atoms with Gasteiger partial charge in [-0.25, -0.2) is 0 Å². The largest absolute Gasteiger partial charge is 0.508 e. The molecule has 0 aliphatic rings. The van der Waals surface area contributed by atoms with E-state index in [0.717, 1.165) is 12.8 Å². The second-order valence-corrected chi connectivity index (χ2v) is 7.78. The van der Waals surface area contributed by atoms with Crippen molar-refractivity contribution >= 4 is 11.9 Å². The van der Waals surface area contributed by atoms with Gasteiger partial charge in [-0.05, 0) is 18.9 Å². The van der Waals surface area contributed by atoms with Gasteiger partial charge in [-0.1, -0.05) is 58.3 Å². The summed E-state index contributed by atoms with van der Waals surface area (Å²) in [6.45, 7) is 4.92. The summed E-state index contributed by atoms with van der Waals surface area (Å²) in [5.74, 6) is -0.306. The minimum atomic E-state index is -0.483. The molecule has 0 spiro atoms. The van der Waals surface area contributed by atoms with Gasteiger partial charge in [0, 0.05) is 31.9 Å². The van der Waals surface area contributed by atoms with Gasteiger partial charge < -0.3 is 19.3 Å². The number of ether oxygens (including phenoxy) is 3. The Morgan fingerprint density at radius 2 is 1.53 bits per heavy atom. The maximum absolute atomic E-state index is 11.6. The first-order valence-corrected chi connectivity index (χ1v) is 11.1. The summed E-state index contributed by atoms with van der Waals surface area (Å²) < 4.78 is 16.1. The lowest BCUT2D eigenvalue weighted by Gasteiger charge is -2.20. The first-order chi connectivity index (χ1) is 14.4. The number of benzene rings is 1. The quantitative estimate of drug-likeness (QED) is 0.221. The van der Waals surface area contributed by atoms with Crippen molar-refractivity contribution in [3.05, 3.63) is 17.7 Å². The van der Waals surface area contributed by atoms with Crippen LogP contribution in [0.4, 0.5) is 0 Å². The Morgan fingerprint density at radius 1 is 0.933 bits per heavy atom. The van der Waals surface area contributed by atoms with Crippen LogP contribution in [-0.2, 0) is 20.7 Å². The highest BCUT2D eigenvalue weighted by atomic mass is 16.6. The standard InChI is InChI=1S/C24H38O6/c1-5-6-7-8-9-10-11-12-13-14-22(29-18(2)25)16-20-15-21(27)17-23(28-4)24(20)30-19(3)26/h15,17,22,27H,5-14,16H2,1-4H3/t22-/m1/s1. The van der Waals surface area contributed by atoms with Gasteiger partial charge in [0.1, 0.15) is 11.9 Å². The van der Waals surface area contributed by atoms with Crippen LogP contribution in [0.25, 0.3) is 0 Å². The highest BCUT2D eigenvalue weighted by Gasteiger charge is 2.20. The summed E-state index contributed by atoms with van der Waals surface area (Å²) in [4.78, 5) is 23.1. The van der Waals surface area contributed by atoms with E-state index in [1.807, 2.05) is 0 Å². The first-order valence-electron chi connectivity index (χ1n) is 11.1. The van der Waals surface area contributed by atoms with Gasteiger partial charge in [-0.2, -0.15) is 0 Å². The van der Waals surface area contributed by atoms with Gasteiger partial charge in [0.25, 0.3) is 0 Å². The van der Waals surface area contributed by atoms with Gasteiger partial charge in [0.2, 0.25) is 0 Å². The second-order valence-electron chi connectivity index (χ2n) is 7.78. The molecule has 0 saturated carbocycles. The fraction of sp³-hybridized carbons (Fsp3) is 0.667. The molecule has 1 aromatic rings. The highest BCUT2D eigenvalue weighted by molar-refractivity contribution is 5.71. The zero-order valence-corrected chi connectivity index (χ0v) is 19.0. The van der Waals surface area contributed by atoms with E-state index in [2.05, 4.69) is 6.92 Å². The predicted octanol–water partition coefficient (Wildman–Crippen LogP) is 5.72. The van der Waals surface area contributed by atoms with Crippen LogP contribution in [0.3, 0.4) is 0 Å². The number of hydrogen-bond acceptors (Lipinski definition) is 6. The molecule has 0 saturated heterocycles. The molecule has 6 nitrogen and oxygen atoms in total.